The lowest BCUT2D eigenvalue weighted by atomic mass is 10.2. The average molecular weight is 418 g/mol. The summed E-state index contributed by atoms with van der Waals surface area (Å²) >= 11 is 0. The van der Waals surface area contributed by atoms with Gasteiger partial charge >= 0.3 is 0 Å². The van der Waals surface area contributed by atoms with Crippen molar-refractivity contribution < 1.29 is 0 Å². The van der Waals surface area contributed by atoms with Crippen LogP contribution >= 0.6 is 24.0 Å². The zero-order valence-corrected chi connectivity index (χ0v) is 16.3. The van der Waals surface area contributed by atoms with Gasteiger partial charge in [-0.25, -0.2) is 0 Å². The largest absolute Gasteiger partial charge is 0.353 e. The maximum Gasteiger partial charge on any atom is 0.194 e. The minimum Gasteiger partial charge on any atom is -0.353 e. The van der Waals surface area contributed by atoms with Crippen LogP contribution < -0.4 is 5.32 Å². The molecule has 0 amide bonds. The van der Waals surface area contributed by atoms with Crippen LogP contribution in [0.15, 0.2) is 17.1 Å². The summed E-state index contributed by atoms with van der Waals surface area (Å²) in [5, 5.41) is 3.72. The summed E-state index contributed by atoms with van der Waals surface area (Å²) in [5.74, 6) is 2.05. The van der Waals surface area contributed by atoms with Crippen LogP contribution in [0, 0.1) is 5.92 Å². The first kappa shape index (κ1) is 18.0. The van der Waals surface area contributed by atoms with Crippen LogP contribution in [0.3, 0.4) is 0 Å². The number of guanidine groups is 1. The Hall–Kier alpha value is -0.300. The van der Waals surface area contributed by atoms with E-state index < -0.39 is 0 Å². The molecule has 5 heteroatoms. The lowest BCUT2D eigenvalue weighted by molar-refractivity contribution is 0.259. The number of rotatable bonds is 5. The van der Waals surface area contributed by atoms with E-state index in [4.69, 9.17) is 4.99 Å². The molecule has 1 N–H and O–H groups in total. The van der Waals surface area contributed by atoms with Crippen molar-refractivity contribution in [2.45, 2.75) is 51.6 Å². The third-order valence-electron chi connectivity index (χ3n) is 5.03. The maximum absolute atomic E-state index is 4.74. The molecule has 2 fully saturated rings. The number of nitrogens with one attached hydrogen (secondary N) is 1. The predicted molar refractivity (Wildman–Crippen MR) is 104 cm³/mol. The Balaban J connectivity index is 0.00000176. The highest BCUT2D eigenvalue weighted by Gasteiger charge is 2.38. The molecule has 1 saturated heterocycles. The summed E-state index contributed by atoms with van der Waals surface area (Å²) in [4.78, 5) is 9.80. The van der Waals surface area contributed by atoms with Crippen molar-refractivity contribution in [1.82, 2.24) is 15.1 Å². The van der Waals surface area contributed by atoms with Crippen molar-refractivity contribution in [3.05, 3.63) is 12.2 Å². The lowest BCUT2D eigenvalue weighted by Gasteiger charge is -2.25. The fraction of sp³-hybridized carbons (Fsp3) is 0.824. The van der Waals surface area contributed by atoms with Gasteiger partial charge in [0, 0.05) is 44.8 Å². The molecule has 22 heavy (non-hydrogen) atoms. The van der Waals surface area contributed by atoms with E-state index in [-0.39, 0.29) is 24.0 Å². The fourth-order valence-electron chi connectivity index (χ4n) is 3.69. The topological polar surface area (TPSA) is 30.9 Å². The zero-order valence-electron chi connectivity index (χ0n) is 14.0. The summed E-state index contributed by atoms with van der Waals surface area (Å²) < 4.78 is 0. The number of hydrogen-bond acceptors (Lipinski definition) is 2. The quantitative estimate of drug-likeness (QED) is 0.323. The van der Waals surface area contributed by atoms with Crippen LogP contribution in [0.1, 0.15) is 39.5 Å². The first-order chi connectivity index (χ1) is 10.3. The predicted octanol–water partition coefficient (Wildman–Crippen LogP) is 2.70. The van der Waals surface area contributed by atoms with Crippen molar-refractivity contribution in [2.75, 3.05) is 32.7 Å². The molecule has 0 radical (unpaired) electrons. The van der Waals surface area contributed by atoms with Gasteiger partial charge in [0.05, 0.1) is 0 Å². The third kappa shape index (κ3) is 4.37. The standard InChI is InChI=1S/C17H30N4.HI/c1-3-7-14-12-16(14)19-17(18-4-2)21-11-8-15(13-21)20-9-5-6-10-20;/h5-6,14-16H,3-4,7-13H2,1-2H3,(H,18,19);1H. The van der Waals surface area contributed by atoms with Crippen molar-refractivity contribution in [2.24, 2.45) is 10.9 Å². The van der Waals surface area contributed by atoms with Gasteiger partial charge in [-0.3, -0.25) is 9.89 Å². The van der Waals surface area contributed by atoms with Crippen LogP contribution in [-0.2, 0) is 0 Å². The van der Waals surface area contributed by atoms with Crippen LogP contribution in [0.25, 0.3) is 0 Å². The molecule has 0 aromatic rings. The van der Waals surface area contributed by atoms with Gasteiger partial charge in [0.2, 0.25) is 0 Å². The third-order valence-corrected chi connectivity index (χ3v) is 5.03. The van der Waals surface area contributed by atoms with Gasteiger partial charge in [-0.2, -0.15) is 0 Å². The number of likely N-dealkylation sites (tertiary alicyclic amines) is 1. The Kier molecular flexibility index (Phi) is 6.99. The lowest BCUT2D eigenvalue weighted by Crippen LogP contribution is -2.44. The maximum atomic E-state index is 4.74. The molecule has 0 bridgehead atoms. The monoisotopic (exact) mass is 418 g/mol. The second kappa shape index (κ2) is 8.52. The van der Waals surface area contributed by atoms with Gasteiger partial charge in [0.15, 0.2) is 5.96 Å². The molecule has 0 spiro atoms. The van der Waals surface area contributed by atoms with Crippen LogP contribution in [-0.4, -0.2) is 60.6 Å². The number of nitrogens with zero attached hydrogens (tertiary/aromatic N) is 3. The van der Waals surface area contributed by atoms with E-state index in [1.54, 1.807) is 0 Å². The van der Waals surface area contributed by atoms with Gasteiger partial charge in [-0.05, 0) is 32.1 Å². The molecular weight excluding hydrogens is 387 g/mol. The van der Waals surface area contributed by atoms with E-state index in [2.05, 4.69) is 41.1 Å². The molecule has 3 unspecified atom stereocenters. The van der Waals surface area contributed by atoms with Gasteiger partial charge in [0.25, 0.3) is 0 Å². The first-order valence-corrected chi connectivity index (χ1v) is 8.76. The molecule has 2 heterocycles. The van der Waals surface area contributed by atoms with Crippen molar-refractivity contribution in [3.8, 4) is 0 Å². The molecule has 1 aliphatic carbocycles. The highest BCUT2D eigenvalue weighted by molar-refractivity contribution is 14.0. The molecule has 2 aliphatic heterocycles. The molecule has 0 aromatic heterocycles. The molecule has 126 valence electrons. The van der Waals surface area contributed by atoms with Gasteiger partial charge in [-0.15, -0.1) is 24.0 Å². The van der Waals surface area contributed by atoms with Crippen LogP contribution in [0.5, 0.6) is 0 Å². The zero-order chi connectivity index (χ0) is 14.7. The highest BCUT2D eigenvalue weighted by atomic mass is 127. The van der Waals surface area contributed by atoms with E-state index in [1.807, 2.05) is 0 Å². The molecule has 1 saturated carbocycles. The van der Waals surface area contributed by atoms with Crippen molar-refractivity contribution in [1.29, 1.82) is 0 Å². The minimum atomic E-state index is 0. The minimum absolute atomic E-state index is 0. The second-order valence-corrected chi connectivity index (χ2v) is 6.65. The molecule has 0 aromatic carbocycles. The SMILES string of the molecule is CCCC1CC1NC(=NCC)N1CCC(N2CC=CC2)C1.I. The van der Waals surface area contributed by atoms with E-state index in [1.165, 1.54) is 25.7 Å². The fourth-order valence-corrected chi connectivity index (χ4v) is 3.69. The van der Waals surface area contributed by atoms with Crippen molar-refractivity contribution in [3.63, 3.8) is 0 Å². The normalized spacial score (nSPS) is 31.5. The number of hydrogen-bond donors (Lipinski definition) is 1. The molecule has 3 aliphatic rings. The van der Waals surface area contributed by atoms with E-state index in [0.29, 0.717) is 12.1 Å². The Morgan fingerprint density at radius 2 is 2.05 bits per heavy atom. The number of aliphatic imine (C=N–C) groups is 1. The van der Waals surface area contributed by atoms with E-state index in [9.17, 15) is 0 Å². The molecule has 4 nitrogen and oxygen atoms in total. The Morgan fingerprint density at radius 1 is 1.27 bits per heavy atom. The Morgan fingerprint density at radius 3 is 2.73 bits per heavy atom. The van der Waals surface area contributed by atoms with Gasteiger partial charge in [-0.1, -0.05) is 25.5 Å². The van der Waals surface area contributed by atoms with Gasteiger partial charge in [0.1, 0.15) is 0 Å². The van der Waals surface area contributed by atoms with E-state index in [0.717, 1.165) is 44.6 Å². The molecule has 3 rings (SSSR count). The summed E-state index contributed by atoms with van der Waals surface area (Å²) in [7, 11) is 0. The average Bonchev–Trinajstić information content (AvgIpc) is 2.92. The smallest absolute Gasteiger partial charge is 0.194 e. The van der Waals surface area contributed by atoms with E-state index >= 15 is 0 Å². The van der Waals surface area contributed by atoms with Crippen LogP contribution in [0.4, 0.5) is 0 Å². The summed E-state index contributed by atoms with van der Waals surface area (Å²) in [6, 6.07) is 1.39. The first-order valence-electron chi connectivity index (χ1n) is 8.76. The molecule has 3 atom stereocenters. The van der Waals surface area contributed by atoms with Crippen LogP contribution in [0.2, 0.25) is 0 Å². The van der Waals surface area contributed by atoms with Gasteiger partial charge < -0.3 is 10.2 Å². The molecular formula is C17H31IN4. The number of halogens is 1. The highest BCUT2D eigenvalue weighted by Crippen LogP contribution is 2.34. The summed E-state index contributed by atoms with van der Waals surface area (Å²) in [6.07, 6.45) is 9.86. The second-order valence-electron chi connectivity index (χ2n) is 6.65. The summed E-state index contributed by atoms with van der Waals surface area (Å²) in [5.41, 5.74) is 0. The van der Waals surface area contributed by atoms with Crippen molar-refractivity contribution >= 4 is 29.9 Å². The summed E-state index contributed by atoms with van der Waals surface area (Å²) in [6.45, 7) is 9.85. The Labute approximate surface area is 152 Å². The Bertz CT molecular complexity index is 401.